The Labute approximate surface area is 214 Å². The van der Waals surface area contributed by atoms with Gasteiger partial charge in [-0.25, -0.2) is 4.98 Å². The van der Waals surface area contributed by atoms with Gasteiger partial charge in [0, 0.05) is 60.3 Å². The van der Waals surface area contributed by atoms with Crippen LogP contribution in [-0.4, -0.2) is 39.0 Å². The van der Waals surface area contributed by atoms with Crippen LogP contribution in [0.3, 0.4) is 0 Å². The van der Waals surface area contributed by atoms with Crippen LogP contribution in [0.1, 0.15) is 5.69 Å². The number of aromatic nitrogens is 5. The minimum Gasteiger partial charge on any atom is -0.378 e. The fourth-order valence-corrected chi connectivity index (χ4v) is 4.28. The second-order valence-electron chi connectivity index (χ2n) is 9.14. The molecule has 182 valence electrons. The van der Waals surface area contributed by atoms with Crippen LogP contribution < -0.4 is 15.5 Å². The molecule has 0 radical (unpaired) electrons. The van der Waals surface area contributed by atoms with E-state index < -0.39 is 0 Å². The summed E-state index contributed by atoms with van der Waals surface area (Å²) in [7, 11) is 4.06. The van der Waals surface area contributed by atoms with Crippen molar-refractivity contribution >= 4 is 50.4 Å². The monoisotopic (exact) mass is 486 g/mol. The highest BCUT2D eigenvalue weighted by Crippen LogP contribution is 2.29. The predicted octanol–water partition coefficient (Wildman–Crippen LogP) is 6.43. The van der Waals surface area contributed by atoms with Crippen LogP contribution in [0, 0.1) is 6.92 Å². The Kier molecular flexibility index (Phi) is 5.61. The van der Waals surface area contributed by atoms with Crippen LogP contribution in [0.15, 0.2) is 85.3 Å². The van der Waals surface area contributed by atoms with Crippen LogP contribution in [-0.2, 0) is 0 Å². The maximum Gasteiger partial charge on any atom is 0.157 e. The molecule has 0 bridgehead atoms. The Morgan fingerprint density at radius 2 is 1.54 bits per heavy atom. The molecule has 0 atom stereocenters. The van der Waals surface area contributed by atoms with E-state index in [9.17, 15) is 0 Å². The summed E-state index contributed by atoms with van der Waals surface area (Å²) in [5, 5.41) is 7.97. The summed E-state index contributed by atoms with van der Waals surface area (Å²) in [6.45, 7) is 1.98. The standard InChI is InChI=1S/C29H26N8/c1-18-14-20(10-12-30-18)33-19-4-7-26-28(15-19)36-29(35-26)27-8-5-21(17-32-27)34-25-11-13-31-24-9-6-22(37(2)3)16-23(24)25/h4-17H,1-3H3,(H,30,33)(H,31,34)(H,35,36). The molecule has 0 amide bonds. The average Bonchev–Trinajstić information content (AvgIpc) is 3.32. The first-order valence-electron chi connectivity index (χ1n) is 12.0. The number of aryl methyl sites for hydroxylation is 1. The van der Waals surface area contributed by atoms with E-state index in [0.29, 0.717) is 0 Å². The van der Waals surface area contributed by atoms with Gasteiger partial charge in [0.2, 0.25) is 0 Å². The van der Waals surface area contributed by atoms with Crippen molar-refractivity contribution in [2.45, 2.75) is 6.92 Å². The lowest BCUT2D eigenvalue weighted by Crippen LogP contribution is -2.08. The van der Waals surface area contributed by atoms with E-state index in [-0.39, 0.29) is 0 Å². The number of hydrogen-bond donors (Lipinski definition) is 3. The van der Waals surface area contributed by atoms with Gasteiger partial charge >= 0.3 is 0 Å². The van der Waals surface area contributed by atoms with E-state index in [1.807, 2.05) is 88.0 Å². The highest BCUT2D eigenvalue weighted by Gasteiger charge is 2.09. The van der Waals surface area contributed by atoms with Gasteiger partial charge in [0.1, 0.15) is 5.69 Å². The number of H-pyrrole nitrogens is 1. The third-order valence-corrected chi connectivity index (χ3v) is 6.19. The SMILES string of the molecule is Cc1cc(Nc2ccc3nc(-c4ccc(Nc5ccnc6ccc(N(C)C)cc56)cn4)[nH]c3c2)ccn1. The molecular formula is C29H26N8. The molecule has 2 aromatic carbocycles. The van der Waals surface area contributed by atoms with Crippen molar-refractivity contribution in [1.29, 1.82) is 0 Å². The molecule has 8 heteroatoms. The molecule has 0 fully saturated rings. The number of nitrogens with one attached hydrogen (secondary N) is 3. The number of benzene rings is 2. The average molecular weight is 487 g/mol. The summed E-state index contributed by atoms with van der Waals surface area (Å²) in [4.78, 5) is 23.6. The molecule has 0 spiro atoms. The Balaban J connectivity index is 1.24. The van der Waals surface area contributed by atoms with Gasteiger partial charge in [0.25, 0.3) is 0 Å². The summed E-state index contributed by atoms with van der Waals surface area (Å²) in [5.74, 6) is 0.725. The van der Waals surface area contributed by atoms with Crippen LogP contribution in [0.2, 0.25) is 0 Å². The van der Waals surface area contributed by atoms with Crippen molar-refractivity contribution in [3.63, 3.8) is 0 Å². The lowest BCUT2D eigenvalue weighted by atomic mass is 10.1. The fraction of sp³-hybridized carbons (Fsp3) is 0.103. The van der Waals surface area contributed by atoms with Crippen molar-refractivity contribution < 1.29 is 0 Å². The van der Waals surface area contributed by atoms with Crippen LogP contribution in [0.5, 0.6) is 0 Å². The summed E-state index contributed by atoms with van der Waals surface area (Å²) in [5.41, 5.74) is 9.47. The number of pyridine rings is 3. The van der Waals surface area contributed by atoms with Crippen molar-refractivity contribution in [3.05, 3.63) is 91.0 Å². The van der Waals surface area contributed by atoms with Gasteiger partial charge in [-0.15, -0.1) is 0 Å². The van der Waals surface area contributed by atoms with Gasteiger partial charge in [0.05, 0.1) is 28.4 Å². The van der Waals surface area contributed by atoms with E-state index in [1.54, 1.807) is 6.20 Å². The Morgan fingerprint density at radius 3 is 2.35 bits per heavy atom. The predicted molar refractivity (Wildman–Crippen MR) is 151 cm³/mol. The third-order valence-electron chi connectivity index (χ3n) is 6.19. The largest absolute Gasteiger partial charge is 0.378 e. The number of hydrogen-bond acceptors (Lipinski definition) is 7. The number of imidazole rings is 1. The molecule has 6 aromatic rings. The zero-order valence-electron chi connectivity index (χ0n) is 20.8. The van der Waals surface area contributed by atoms with E-state index in [1.165, 1.54) is 0 Å². The number of aromatic amines is 1. The van der Waals surface area contributed by atoms with E-state index in [4.69, 9.17) is 4.98 Å². The first kappa shape index (κ1) is 22.5. The van der Waals surface area contributed by atoms with E-state index >= 15 is 0 Å². The Bertz CT molecular complexity index is 1720. The summed E-state index contributed by atoms with van der Waals surface area (Å²) in [6, 6.07) is 22.2. The smallest absolute Gasteiger partial charge is 0.157 e. The quantitative estimate of drug-likeness (QED) is 0.250. The van der Waals surface area contributed by atoms with Crippen LogP contribution >= 0.6 is 0 Å². The maximum atomic E-state index is 4.74. The van der Waals surface area contributed by atoms with Gasteiger partial charge in [0.15, 0.2) is 5.82 Å². The lowest BCUT2D eigenvalue weighted by Gasteiger charge is -2.15. The minimum absolute atomic E-state index is 0.725. The third kappa shape index (κ3) is 4.64. The van der Waals surface area contributed by atoms with Gasteiger partial charge in [-0.3, -0.25) is 15.0 Å². The van der Waals surface area contributed by atoms with Crippen LogP contribution in [0.25, 0.3) is 33.5 Å². The molecular weight excluding hydrogens is 460 g/mol. The van der Waals surface area contributed by atoms with Gasteiger partial charge in [-0.2, -0.15) is 0 Å². The van der Waals surface area contributed by atoms with E-state index in [0.717, 1.165) is 67.6 Å². The second kappa shape index (κ2) is 9.23. The number of fused-ring (bicyclic) bond motifs is 2. The molecule has 0 saturated heterocycles. The highest BCUT2D eigenvalue weighted by atomic mass is 15.1. The highest BCUT2D eigenvalue weighted by molar-refractivity contribution is 5.95. The first-order chi connectivity index (χ1) is 18.0. The van der Waals surface area contributed by atoms with Gasteiger partial charge in [-0.1, -0.05) is 0 Å². The normalized spacial score (nSPS) is 11.1. The zero-order valence-corrected chi connectivity index (χ0v) is 20.8. The molecule has 3 N–H and O–H groups in total. The van der Waals surface area contributed by atoms with Crippen molar-refractivity contribution in [2.75, 3.05) is 29.6 Å². The summed E-state index contributed by atoms with van der Waals surface area (Å²) >= 11 is 0. The molecule has 0 unspecified atom stereocenters. The Morgan fingerprint density at radius 1 is 0.730 bits per heavy atom. The first-order valence-corrected chi connectivity index (χ1v) is 12.0. The molecule has 37 heavy (non-hydrogen) atoms. The van der Waals surface area contributed by atoms with Crippen LogP contribution in [0.4, 0.5) is 28.4 Å². The molecule has 8 nitrogen and oxygen atoms in total. The molecule has 6 rings (SSSR count). The number of rotatable bonds is 6. The summed E-state index contributed by atoms with van der Waals surface area (Å²) in [6.07, 6.45) is 5.44. The van der Waals surface area contributed by atoms with Crippen molar-refractivity contribution in [2.24, 2.45) is 0 Å². The molecule has 4 heterocycles. The Hall–Kier alpha value is -4.98. The summed E-state index contributed by atoms with van der Waals surface area (Å²) < 4.78 is 0. The number of anilines is 5. The van der Waals surface area contributed by atoms with E-state index in [2.05, 4.69) is 47.6 Å². The van der Waals surface area contributed by atoms with Gasteiger partial charge in [-0.05, 0) is 73.7 Å². The molecule has 0 aliphatic heterocycles. The van der Waals surface area contributed by atoms with Gasteiger partial charge < -0.3 is 20.5 Å². The maximum absolute atomic E-state index is 4.74. The topological polar surface area (TPSA) is 94.6 Å². The fourth-order valence-electron chi connectivity index (χ4n) is 4.28. The van der Waals surface area contributed by atoms with Crippen molar-refractivity contribution in [3.8, 4) is 11.5 Å². The van der Waals surface area contributed by atoms with Crippen molar-refractivity contribution in [1.82, 2.24) is 24.9 Å². The molecule has 0 aliphatic carbocycles. The zero-order chi connectivity index (χ0) is 25.4. The lowest BCUT2D eigenvalue weighted by molar-refractivity contribution is 1.13. The second-order valence-corrected chi connectivity index (χ2v) is 9.14. The molecule has 0 aliphatic rings. The number of nitrogens with zero attached hydrogens (tertiary/aromatic N) is 5. The molecule has 4 aromatic heterocycles. The molecule has 0 saturated carbocycles. The minimum atomic E-state index is 0.725.